The first-order chi connectivity index (χ1) is 7.79. The van der Waals surface area contributed by atoms with Crippen LogP contribution in [0.15, 0.2) is 30.3 Å². The molecular weight excluding hydrogens is 202 g/mol. The van der Waals surface area contributed by atoms with Gasteiger partial charge in [0.25, 0.3) is 0 Å². The molecule has 0 radical (unpaired) electrons. The largest absolute Gasteiger partial charge is 0.352 e. The Hall–Kier alpha value is -1.99. The molecular formula is C12H15N3O. The van der Waals surface area contributed by atoms with Crippen LogP contribution in [0.4, 0.5) is 4.79 Å². The van der Waals surface area contributed by atoms with Crippen molar-refractivity contribution in [2.75, 3.05) is 19.6 Å². The minimum atomic E-state index is -0.503. The average Bonchev–Trinajstić information content (AvgIpc) is 2.29. The molecule has 1 rings (SSSR count). The fourth-order valence-corrected chi connectivity index (χ4v) is 1.09. The second kappa shape index (κ2) is 7.32. The van der Waals surface area contributed by atoms with E-state index in [1.807, 2.05) is 30.3 Å². The summed E-state index contributed by atoms with van der Waals surface area (Å²) in [6, 6.07) is 9.28. The SMILES string of the molecule is NC(=O)NCCNCC#Cc1ccccc1. The van der Waals surface area contributed by atoms with Gasteiger partial charge in [-0.1, -0.05) is 30.0 Å². The molecule has 0 aliphatic rings. The molecule has 4 nitrogen and oxygen atoms in total. The van der Waals surface area contributed by atoms with E-state index in [4.69, 9.17) is 5.73 Å². The van der Waals surface area contributed by atoms with E-state index in [-0.39, 0.29) is 0 Å². The lowest BCUT2D eigenvalue weighted by Gasteiger charge is -2.00. The zero-order valence-electron chi connectivity index (χ0n) is 8.99. The molecule has 16 heavy (non-hydrogen) atoms. The van der Waals surface area contributed by atoms with Crippen molar-refractivity contribution in [3.05, 3.63) is 35.9 Å². The molecule has 0 atom stereocenters. The summed E-state index contributed by atoms with van der Waals surface area (Å²) in [5.74, 6) is 6.00. The smallest absolute Gasteiger partial charge is 0.312 e. The maximum Gasteiger partial charge on any atom is 0.312 e. The molecule has 4 heteroatoms. The second-order valence-corrected chi connectivity index (χ2v) is 3.14. The van der Waals surface area contributed by atoms with Gasteiger partial charge in [0.2, 0.25) is 0 Å². The third-order valence-electron chi connectivity index (χ3n) is 1.82. The second-order valence-electron chi connectivity index (χ2n) is 3.14. The topological polar surface area (TPSA) is 67.2 Å². The van der Waals surface area contributed by atoms with Crippen LogP contribution in [0.2, 0.25) is 0 Å². The van der Waals surface area contributed by atoms with E-state index in [2.05, 4.69) is 22.5 Å². The van der Waals surface area contributed by atoms with Crippen molar-refractivity contribution in [3.8, 4) is 11.8 Å². The van der Waals surface area contributed by atoms with Gasteiger partial charge in [0.15, 0.2) is 0 Å². The summed E-state index contributed by atoms with van der Waals surface area (Å²) in [6.45, 7) is 1.77. The van der Waals surface area contributed by atoms with Gasteiger partial charge in [0, 0.05) is 18.7 Å². The number of primary amides is 1. The van der Waals surface area contributed by atoms with Crippen LogP contribution in [0, 0.1) is 11.8 Å². The summed E-state index contributed by atoms with van der Waals surface area (Å²) in [5.41, 5.74) is 5.90. The van der Waals surface area contributed by atoms with Gasteiger partial charge in [-0.15, -0.1) is 0 Å². The van der Waals surface area contributed by atoms with Gasteiger partial charge in [-0.2, -0.15) is 0 Å². The lowest BCUT2D eigenvalue weighted by Crippen LogP contribution is -2.35. The van der Waals surface area contributed by atoms with E-state index >= 15 is 0 Å². The fraction of sp³-hybridized carbons (Fsp3) is 0.250. The quantitative estimate of drug-likeness (QED) is 0.501. The molecule has 0 bridgehead atoms. The Bertz CT molecular complexity index is 378. The zero-order chi connectivity index (χ0) is 11.6. The number of amides is 2. The van der Waals surface area contributed by atoms with Crippen LogP contribution < -0.4 is 16.4 Å². The first-order valence-electron chi connectivity index (χ1n) is 5.07. The Morgan fingerprint density at radius 1 is 1.25 bits per heavy atom. The predicted molar refractivity (Wildman–Crippen MR) is 63.8 cm³/mol. The molecule has 0 aliphatic carbocycles. The van der Waals surface area contributed by atoms with Crippen LogP contribution in [-0.4, -0.2) is 25.7 Å². The molecule has 0 aromatic heterocycles. The lowest BCUT2D eigenvalue weighted by atomic mass is 10.2. The molecule has 1 aromatic carbocycles. The number of hydrogen-bond acceptors (Lipinski definition) is 2. The number of benzene rings is 1. The number of nitrogens with one attached hydrogen (secondary N) is 2. The first kappa shape index (κ1) is 12.1. The molecule has 4 N–H and O–H groups in total. The highest BCUT2D eigenvalue weighted by molar-refractivity contribution is 5.71. The summed E-state index contributed by atoms with van der Waals surface area (Å²) in [4.78, 5) is 10.3. The molecule has 2 amide bonds. The van der Waals surface area contributed by atoms with E-state index < -0.39 is 6.03 Å². The Balaban J connectivity index is 2.12. The van der Waals surface area contributed by atoms with Crippen LogP contribution in [0.3, 0.4) is 0 Å². The Kier molecular flexibility index (Phi) is 5.53. The van der Waals surface area contributed by atoms with Gasteiger partial charge in [-0.05, 0) is 12.1 Å². The van der Waals surface area contributed by atoms with Crippen LogP contribution in [0.25, 0.3) is 0 Å². The van der Waals surface area contributed by atoms with Gasteiger partial charge < -0.3 is 16.4 Å². The van der Waals surface area contributed by atoms with Crippen molar-refractivity contribution in [2.45, 2.75) is 0 Å². The van der Waals surface area contributed by atoms with Crippen molar-refractivity contribution in [2.24, 2.45) is 5.73 Å². The van der Waals surface area contributed by atoms with Gasteiger partial charge in [0.1, 0.15) is 0 Å². The van der Waals surface area contributed by atoms with E-state index in [1.54, 1.807) is 0 Å². The first-order valence-corrected chi connectivity index (χ1v) is 5.07. The number of carbonyl (C=O) groups excluding carboxylic acids is 1. The summed E-state index contributed by atoms with van der Waals surface area (Å²) >= 11 is 0. The highest BCUT2D eigenvalue weighted by atomic mass is 16.2. The number of nitrogens with two attached hydrogens (primary N) is 1. The molecule has 1 aromatic rings. The fourth-order valence-electron chi connectivity index (χ4n) is 1.09. The monoisotopic (exact) mass is 217 g/mol. The summed E-state index contributed by atoms with van der Waals surface area (Å²) in [5, 5.41) is 5.55. The molecule has 0 fully saturated rings. The molecule has 84 valence electrons. The Morgan fingerprint density at radius 3 is 2.69 bits per heavy atom. The van der Waals surface area contributed by atoms with Crippen molar-refractivity contribution in [1.29, 1.82) is 0 Å². The summed E-state index contributed by atoms with van der Waals surface area (Å²) in [7, 11) is 0. The maximum atomic E-state index is 10.3. The maximum absolute atomic E-state index is 10.3. The van der Waals surface area contributed by atoms with E-state index in [0.717, 1.165) is 5.56 Å². The van der Waals surface area contributed by atoms with Gasteiger partial charge >= 0.3 is 6.03 Å². The molecule has 0 saturated carbocycles. The number of rotatable bonds is 4. The average molecular weight is 217 g/mol. The molecule has 0 aliphatic heterocycles. The highest BCUT2D eigenvalue weighted by Gasteiger charge is 1.88. The number of urea groups is 1. The van der Waals surface area contributed by atoms with Crippen molar-refractivity contribution in [1.82, 2.24) is 10.6 Å². The van der Waals surface area contributed by atoms with Gasteiger partial charge in [0.05, 0.1) is 6.54 Å². The van der Waals surface area contributed by atoms with Crippen LogP contribution in [0.1, 0.15) is 5.56 Å². The van der Waals surface area contributed by atoms with Crippen molar-refractivity contribution < 1.29 is 4.79 Å². The van der Waals surface area contributed by atoms with E-state index in [0.29, 0.717) is 19.6 Å². The molecule has 0 heterocycles. The molecule has 0 unspecified atom stereocenters. The van der Waals surface area contributed by atoms with Crippen LogP contribution in [-0.2, 0) is 0 Å². The highest BCUT2D eigenvalue weighted by Crippen LogP contribution is 1.93. The normalized spacial score (nSPS) is 9.00. The van der Waals surface area contributed by atoms with Gasteiger partial charge in [-0.3, -0.25) is 0 Å². The lowest BCUT2D eigenvalue weighted by molar-refractivity contribution is 0.249. The summed E-state index contributed by atoms with van der Waals surface area (Å²) in [6.07, 6.45) is 0. The third-order valence-corrected chi connectivity index (χ3v) is 1.82. The zero-order valence-corrected chi connectivity index (χ0v) is 8.99. The predicted octanol–water partition coefficient (Wildman–Crippen LogP) is 0.296. The Morgan fingerprint density at radius 2 is 2.00 bits per heavy atom. The summed E-state index contributed by atoms with van der Waals surface area (Å²) < 4.78 is 0. The van der Waals surface area contributed by atoms with Gasteiger partial charge in [-0.25, -0.2) is 4.79 Å². The molecule has 0 spiro atoms. The van der Waals surface area contributed by atoms with Crippen molar-refractivity contribution >= 4 is 6.03 Å². The Labute approximate surface area is 95.2 Å². The minimum Gasteiger partial charge on any atom is -0.352 e. The van der Waals surface area contributed by atoms with Crippen LogP contribution in [0.5, 0.6) is 0 Å². The molecule has 0 saturated heterocycles. The van der Waals surface area contributed by atoms with E-state index in [1.165, 1.54) is 0 Å². The van der Waals surface area contributed by atoms with Crippen LogP contribution >= 0.6 is 0 Å². The number of hydrogen-bond donors (Lipinski definition) is 3. The standard InChI is InChI=1S/C12H15N3O/c13-12(16)15-10-9-14-8-4-7-11-5-2-1-3-6-11/h1-3,5-6,14H,8-10H2,(H3,13,15,16). The number of carbonyl (C=O) groups is 1. The van der Waals surface area contributed by atoms with Crippen molar-refractivity contribution in [3.63, 3.8) is 0 Å². The minimum absolute atomic E-state index is 0.503. The third kappa shape index (κ3) is 5.68. The van der Waals surface area contributed by atoms with E-state index in [9.17, 15) is 4.79 Å².